The molecule has 0 saturated heterocycles. The third-order valence-electron chi connectivity index (χ3n) is 1.57. The number of phenols is 1. The predicted octanol–water partition coefficient (Wildman–Crippen LogP) is 0.0976. The second kappa shape index (κ2) is 3.33. The molecule has 0 spiro atoms. The Hall–Kier alpha value is -1.11. The van der Waals surface area contributed by atoms with Gasteiger partial charge in [0.1, 0.15) is 5.75 Å². The summed E-state index contributed by atoms with van der Waals surface area (Å²) >= 11 is 0. The largest absolute Gasteiger partial charge is 0.508 e. The minimum atomic E-state index is -4.22. The number of benzene rings is 1. The number of hydrogen-bond acceptors (Lipinski definition) is 4. The van der Waals surface area contributed by atoms with Crippen molar-refractivity contribution in [2.24, 2.45) is 5.73 Å². The van der Waals surface area contributed by atoms with E-state index < -0.39 is 10.1 Å². The lowest BCUT2D eigenvalue weighted by molar-refractivity contribution is 0.466. The highest BCUT2D eigenvalue weighted by atomic mass is 32.2. The van der Waals surface area contributed by atoms with Gasteiger partial charge in [0.15, 0.2) is 0 Å². The third kappa shape index (κ3) is 2.18. The molecule has 0 radical (unpaired) electrons. The maximum atomic E-state index is 10.6. The summed E-state index contributed by atoms with van der Waals surface area (Å²) in [6.45, 7) is 0.00912. The first-order valence-electron chi connectivity index (χ1n) is 3.44. The Morgan fingerprint density at radius 3 is 2.46 bits per heavy atom. The van der Waals surface area contributed by atoms with Crippen molar-refractivity contribution < 1.29 is 18.1 Å². The number of rotatable bonds is 2. The molecule has 72 valence electrons. The molecule has 1 aromatic rings. The van der Waals surface area contributed by atoms with E-state index in [4.69, 9.17) is 15.4 Å². The van der Waals surface area contributed by atoms with Gasteiger partial charge < -0.3 is 10.8 Å². The van der Waals surface area contributed by atoms with Crippen molar-refractivity contribution in [3.05, 3.63) is 23.8 Å². The van der Waals surface area contributed by atoms with Crippen molar-refractivity contribution >= 4 is 10.1 Å². The first-order chi connectivity index (χ1) is 5.95. The molecule has 0 saturated carbocycles. The van der Waals surface area contributed by atoms with Crippen molar-refractivity contribution in [2.45, 2.75) is 11.4 Å². The van der Waals surface area contributed by atoms with Gasteiger partial charge in [-0.3, -0.25) is 4.55 Å². The molecule has 5 nitrogen and oxygen atoms in total. The van der Waals surface area contributed by atoms with E-state index in [1.165, 1.54) is 6.07 Å². The van der Waals surface area contributed by atoms with Gasteiger partial charge in [0.05, 0.1) is 4.90 Å². The monoisotopic (exact) mass is 203 g/mol. The highest BCUT2D eigenvalue weighted by Gasteiger charge is 2.11. The van der Waals surface area contributed by atoms with Gasteiger partial charge in [-0.1, -0.05) is 0 Å². The quantitative estimate of drug-likeness (QED) is 0.592. The maximum absolute atomic E-state index is 10.6. The molecular weight excluding hydrogens is 194 g/mol. The average molecular weight is 203 g/mol. The molecule has 0 amide bonds. The van der Waals surface area contributed by atoms with E-state index in [1.807, 2.05) is 0 Å². The van der Waals surface area contributed by atoms with Crippen LogP contribution in [0.5, 0.6) is 5.75 Å². The second-order valence-corrected chi connectivity index (χ2v) is 3.89. The molecule has 4 N–H and O–H groups in total. The lowest BCUT2D eigenvalue weighted by Crippen LogP contribution is -2.02. The molecule has 6 heteroatoms. The molecule has 0 bridgehead atoms. The van der Waals surface area contributed by atoms with Crippen molar-refractivity contribution in [1.82, 2.24) is 0 Å². The smallest absolute Gasteiger partial charge is 0.294 e. The van der Waals surface area contributed by atoms with Crippen molar-refractivity contribution in [1.29, 1.82) is 0 Å². The SMILES string of the molecule is NCc1cc(S(=O)(=O)O)ccc1O. The van der Waals surface area contributed by atoms with Crippen LogP contribution in [0, 0.1) is 0 Å². The Labute approximate surface area is 75.6 Å². The first kappa shape index (κ1) is 9.97. The van der Waals surface area contributed by atoms with Crippen LogP contribution in [-0.4, -0.2) is 18.1 Å². The molecule has 1 aromatic carbocycles. The van der Waals surface area contributed by atoms with Gasteiger partial charge >= 0.3 is 0 Å². The van der Waals surface area contributed by atoms with Crippen LogP contribution in [0.25, 0.3) is 0 Å². The average Bonchev–Trinajstić information content (AvgIpc) is 2.03. The summed E-state index contributed by atoms with van der Waals surface area (Å²) in [6.07, 6.45) is 0. The normalized spacial score (nSPS) is 11.5. The minimum absolute atomic E-state index is 0.00912. The Morgan fingerprint density at radius 1 is 1.38 bits per heavy atom. The van der Waals surface area contributed by atoms with E-state index in [1.54, 1.807) is 0 Å². The minimum Gasteiger partial charge on any atom is -0.508 e. The summed E-state index contributed by atoms with van der Waals surface area (Å²) in [6, 6.07) is 3.40. The summed E-state index contributed by atoms with van der Waals surface area (Å²) in [7, 11) is -4.22. The van der Waals surface area contributed by atoms with Gasteiger partial charge in [-0.15, -0.1) is 0 Å². The Bertz CT molecular complexity index is 413. The molecule has 13 heavy (non-hydrogen) atoms. The van der Waals surface area contributed by atoms with Gasteiger partial charge in [0.2, 0.25) is 0 Å². The molecule has 0 aliphatic heterocycles. The zero-order chi connectivity index (χ0) is 10.1. The van der Waals surface area contributed by atoms with E-state index in [-0.39, 0.29) is 22.8 Å². The highest BCUT2D eigenvalue weighted by molar-refractivity contribution is 7.85. The maximum Gasteiger partial charge on any atom is 0.294 e. The molecule has 0 unspecified atom stereocenters. The van der Waals surface area contributed by atoms with Gasteiger partial charge in [-0.05, 0) is 18.2 Å². The lowest BCUT2D eigenvalue weighted by Gasteiger charge is -2.02. The molecule has 1 rings (SSSR count). The van der Waals surface area contributed by atoms with Crippen LogP contribution in [0.2, 0.25) is 0 Å². The summed E-state index contributed by atoms with van der Waals surface area (Å²) < 4.78 is 29.9. The van der Waals surface area contributed by atoms with Crippen molar-refractivity contribution in [3.63, 3.8) is 0 Å². The molecule has 0 aliphatic carbocycles. The number of aromatic hydroxyl groups is 1. The lowest BCUT2D eigenvalue weighted by atomic mass is 10.2. The van der Waals surface area contributed by atoms with Gasteiger partial charge in [-0.25, -0.2) is 0 Å². The van der Waals surface area contributed by atoms with Crippen LogP contribution in [0.1, 0.15) is 5.56 Å². The van der Waals surface area contributed by atoms with Gasteiger partial charge in [0, 0.05) is 12.1 Å². The van der Waals surface area contributed by atoms with Crippen LogP contribution < -0.4 is 5.73 Å². The molecule has 0 aliphatic rings. The summed E-state index contributed by atoms with van der Waals surface area (Å²) in [5.74, 6) is -0.0881. The van der Waals surface area contributed by atoms with Gasteiger partial charge in [0.25, 0.3) is 10.1 Å². The predicted molar refractivity (Wildman–Crippen MR) is 45.8 cm³/mol. The van der Waals surface area contributed by atoms with Crippen LogP contribution in [0.3, 0.4) is 0 Å². The van der Waals surface area contributed by atoms with E-state index in [0.29, 0.717) is 0 Å². The van der Waals surface area contributed by atoms with Crippen LogP contribution in [0.4, 0.5) is 0 Å². The van der Waals surface area contributed by atoms with Crippen LogP contribution in [0.15, 0.2) is 23.1 Å². The topological polar surface area (TPSA) is 101 Å². The Balaban J connectivity index is 3.30. The van der Waals surface area contributed by atoms with E-state index in [2.05, 4.69) is 0 Å². The summed E-state index contributed by atoms with van der Waals surface area (Å²) in [4.78, 5) is -0.272. The standard InChI is InChI=1S/C7H9NO4S/c8-4-5-3-6(13(10,11)12)1-2-7(5)9/h1-3,9H,4,8H2,(H,10,11,12). The molecule has 0 atom stereocenters. The van der Waals surface area contributed by atoms with E-state index >= 15 is 0 Å². The first-order valence-corrected chi connectivity index (χ1v) is 4.88. The van der Waals surface area contributed by atoms with Gasteiger partial charge in [-0.2, -0.15) is 8.42 Å². The molecule has 0 heterocycles. The third-order valence-corrected chi connectivity index (χ3v) is 2.42. The van der Waals surface area contributed by atoms with Crippen LogP contribution in [-0.2, 0) is 16.7 Å². The van der Waals surface area contributed by atoms with E-state index in [0.717, 1.165) is 12.1 Å². The second-order valence-electron chi connectivity index (χ2n) is 2.47. The van der Waals surface area contributed by atoms with Crippen LogP contribution >= 0.6 is 0 Å². The number of hydrogen-bond donors (Lipinski definition) is 3. The van der Waals surface area contributed by atoms with E-state index in [9.17, 15) is 8.42 Å². The molecule has 0 aromatic heterocycles. The van der Waals surface area contributed by atoms with Crippen molar-refractivity contribution in [2.75, 3.05) is 0 Å². The Kier molecular flexibility index (Phi) is 2.55. The number of phenolic OH excluding ortho intramolecular Hbond substituents is 1. The summed E-state index contributed by atoms with van der Waals surface area (Å²) in [5, 5.41) is 9.14. The number of nitrogens with two attached hydrogens (primary N) is 1. The molecule has 0 fully saturated rings. The fourth-order valence-corrected chi connectivity index (χ4v) is 1.42. The molecular formula is C7H9NO4S. The Morgan fingerprint density at radius 2 is 2.00 bits per heavy atom. The van der Waals surface area contributed by atoms with Crippen molar-refractivity contribution in [3.8, 4) is 5.75 Å². The zero-order valence-corrected chi connectivity index (χ0v) is 7.45. The zero-order valence-electron chi connectivity index (χ0n) is 6.64. The summed E-state index contributed by atoms with van der Waals surface area (Å²) in [5.41, 5.74) is 5.50. The fourth-order valence-electron chi connectivity index (χ4n) is 0.886. The fraction of sp³-hybridized carbons (Fsp3) is 0.143. The highest BCUT2D eigenvalue weighted by Crippen LogP contribution is 2.20.